The quantitative estimate of drug-likeness (QED) is 0.758. The van der Waals surface area contributed by atoms with Crippen LogP contribution in [0.1, 0.15) is 18.4 Å². The molecule has 164 valence electrons. The van der Waals surface area contributed by atoms with E-state index < -0.39 is 22.2 Å². The molecule has 2 atom stereocenters. The number of fused-ring (bicyclic) bond motifs is 1. The molecule has 1 aliphatic carbocycles. The van der Waals surface area contributed by atoms with Crippen LogP contribution in [0.2, 0.25) is 0 Å². The fourth-order valence-electron chi connectivity index (χ4n) is 3.49. The lowest BCUT2D eigenvalue weighted by atomic mass is 10.1. The number of rotatable bonds is 4. The standard InChI is InChI=1S/C15H22N2O4S.C2HF3O2/c18-22(19,14-1-2-14)17-9-13-8-16(4-6-21-15(13)10-17)7-12-3-5-20-11-12;3-2(4,5)1(6)7/h3,5,11,13-15H,1-2,4,6-10H2;(H,6,7)/t13-,15+;/m0./s1. The van der Waals surface area contributed by atoms with E-state index in [1.807, 2.05) is 6.07 Å². The van der Waals surface area contributed by atoms with Crippen molar-refractivity contribution in [3.05, 3.63) is 24.2 Å². The highest BCUT2D eigenvalue weighted by Gasteiger charge is 2.47. The van der Waals surface area contributed by atoms with Crippen molar-refractivity contribution in [2.75, 3.05) is 32.8 Å². The molecule has 2 aliphatic heterocycles. The topological polar surface area (TPSA) is 100 Å². The van der Waals surface area contributed by atoms with Crippen LogP contribution in [0, 0.1) is 5.92 Å². The molecular formula is C17H23F3N2O6S. The number of carboxylic acids is 1. The van der Waals surface area contributed by atoms with Gasteiger partial charge in [0.15, 0.2) is 0 Å². The van der Waals surface area contributed by atoms with Gasteiger partial charge in [-0.3, -0.25) is 4.90 Å². The summed E-state index contributed by atoms with van der Waals surface area (Å²) in [5.41, 5.74) is 1.15. The minimum absolute atomic E-state index is 0.0443. The first-order valence-corrected chi connectivity index (χ1v) is 10.7. The Morgan fingerprint density at radius 3 is 2.48 bits per heavy atom. The first kappa shape index (κ1) is 22.1. The maximum atomic E-state index is 12.4. The van der Waals surface area contributed by atoms with Crippen LogP contribution in [0.15, 0.2) is 23.0 Å². The van der Waals surface area contributed by atoms with Crippen molar-refractivity contribution in [2.24, 2.45) is 5.92 Å². The molecule has 0 aromatic carbocycles. The second-order valence-corrected chi connectivity index (χ2v) is 9.61. The van der Waals surface area contributed by atoms with E-state index in [0.717, 1.165) is 38.0 Å². The van der Waals surface area contributed by atoms with Crippen LogP contribution >= 0.6 is 0 Å². The zero-order valence-electron chi connectivity index (χ0n) is 15.5. The molecule has 0 spiro atoms. The van der Waals surface area contributed by atoms with Crippen LogP contribution in [-0.4, -0.2) is 79.0 Å². The number of halogens is 3. The van der Waals surface area contributed by atoms with Crippen molar-refractivity contribution < 1.29 is 40.6 Å². The second kappa shape index (κ2) is 8.62. The zero-order chi connectivity index (χ0) is 21.2. The van der Waals surface area contributed by atoms with Gasteiger partial charge in [0.05, 0.1) is 30.5 Å². The molecule has 1 N–H and O–H groups in total. The average molecular weight is 440 g/mol. The molecule has 0 radical (unpaired) electrons. The summed E-state index contributed by atoms with van der Waals surface area (Å²) in [5.74, 6) is -2.49. The maximum Gasteiger partial charge on any atom is 0.490 e. The van der Waals surface area contributed by atoms with E-state index in [0.29, 0.717) is 19.7 Å². The van der Waals surface area contributed by atoms with Gasteiger partial charge in [0.1, 0.15) is 0 Å². The van der Waals surface area contributed by atoms with Gasteiger partial charge in [-0.2, -0.15) is 17.5 Å². The first-order valence-electron chi connectivity index (χ1n) is 9.21. The summed E-state index contributed by atoms with van der Waals surface area (Å²) >= 11 is 0. The fourth-order valence-corrected chi connectivity index (χ4v) is 5.40. The van der Waals surface area contributed by atoms with Crippen LogP contribution in [0.3, 0.4) is 0 Å². The van der Waals surface area contributed by atoms with E-state index in [1.54, 1.807) is 16.8 Å². The Labute approximate surface area is 166 Å². The molecule has 1 aromatic rings. The monoisotopic (exact) mass is 440 g/mol. The number of hydrogen-bond acceptors (Lipinski definition) is 6. The Bertz CT molecular complexity index is 795. The predicted octanol–water partition coefficient (Wildman–Crippen LogP) is 1.54. The molecule has 12 heteroatoms. The summed E-state index contributed by atoms with van der Waals surface area (Å²) in [7, 11) is -3.08. The van der Waals surface area contributed by atoms with Gasteiger partial charge in [0.25, 0.3) is 0 Å². The number of aliphatic carboxylic acids is 1. The molecule has 0 unspecified atom stereocenters. The zero-order valence-corrected chi connectivity index (χ0v) is 16.4. The smallest absolute Gasteiger partial charge is 0.475 e. The molecular weight excluding hydrogens is 417 g/mol. The van der Waals surface area contributed by atoms with Crippen LogP contribution < -0.4 is 0 Å². The number of carboxylic acid groups (broad SMARTS) is 1. The number of furan rings is 1. The van der Waals surface area contributed by atoms with E-state index in [4.69, 9.17) is 19.1 Å². The van der Waals surface area contributed by atoms with Crippen LogP contribution in [0.4, 0.5) is 13.2 Å². The molecule has 4 rings (SSSR count). The van der Waals surface area contributed by atoms with Crippen molar-refractivity contribution in [1.29, 1.82) is 0 Å². The van der Waals surface area contributed by atoms with Crippen LogP contribution in [-0.2, 0) is 26.1 Å². The Hall–Kier alpha value is -1.63. The molecule has 0 bridgehead atoms. The van der Waals surface area contributed by atoms with Gasteiger partial charge in [0.2, 0.25) is 10.0 Å². The number of hydrogen-bond donors (Lipinski definition) is 1. The number of alkyl halides is 3. The summed E-state index contributed by atoms with van der Waals surface area (Å²) < 4.78 is 69.3. The van der Waals surface area contributed by atoms with Crippen LogP contribution in [0.25, 0.3) is 0 Å². The lowest BCUT2D eigenvalue weighted by Crippen LogP contribution is -2.35. The summed E-state index contributed by atoms with van der Waals surface area (Å²) in [5, 5.41) is 7.00. The minimum atomic E-state index is -5.08. The summed E-state index contributed by atoms with van der Waals surface area (Å²) in [6.45, 7) is 4.39. The molecule has 3 fully saturated rings. The fraction of sp³-hybridized carbons (Fsp3) is 0.706. The summed E-state index contributed by atoms with van der Waals surface area (Å²) in [4.78, 5) is 11.2. The normalized spacial score (nSPS) is 26.3. The highest BCUT2D eigenvalue weighted by Crippen LogP contribution is 2.35. The average Bonchev–Trinajstić information content (AvgIpc) is 3.30. The van der Waals surface area contributed by atoms with Gasteiger partial charge in [-0.05, 0) is 18.9 Å². The van der Waals surface area contributed by atoms with Gasteiger partial charge in [-0.15, -0.1) is 0 Å². The molecule has 1 aromatic heterocycles. The van der Waals surface area contributed by atoms with E-state index >= 15 is 0 Å². The third kappa shape index (κ3) is 5.71. The number of nitrogens with zero attached hydrogens (tertiary/aromatic N) is 2. The Morgan fingerprint density at radius 2 is 1.93 bits per heavy atom. The Morgan fingerprint density at radius 1 is 1.24 bits per heavy atom. The van der Waals surface area contributed by atoms with Gasteiger partial charge in [-0.1, -0.05) is 0 Å². The van der Waals surface area contributed by atoms with Crippen molar-refractivity contribution >= 4 is 16.0 Å². The Balaban J connectivity index is 0.000000298. The van der Waals surface area contributed by atoms with Gasteiger partial charge in [-0.25, -0.2) is 13.2 Å². The molecule has 2 saturated heterocycles. The van der Waals surface area contributed by atoms with E-state index in [-0.39, 0.29) is 17.3 Å². The molecule has 3 heterocycles. The first-order chi connectivity index (χ1) is 13.6. The number of carbonyl (C=O) groups is 1. The SMILES string of the molecule is O=C(O)C(F)(F)F.O=S(=O)(C1CC1)N1C[C@@H]2CN(Cc3ccoc3)CCO[C@@H]2C1. The van der Waals surface area contributed by atoms with E-state index in [2.05, 4.69) is 4.90 Å². The highest BCUT2D eigenvalue weighted by molar-refractivity contribution is 7.90. The molecule has 1 saturated carbocycles. The van der Waals surface area contributed by atoms with Crippen molar-refractivity contribution in [3.63, 3.8) is 0 Å². The van der Waals surface area contributed by atoms with E-state index in [1.165, 1.54) is 0 Å². The third-order valence-corrected chi connectivity index (χ3v) is 7.45. The second-order valence-electron chi connectivity index (χ2n) is 7.40. The lowest BCUT2D eigenvalue weighted by Gasteiger charge is -2.22. The molecule has 3 aliphatic rings. The van der Waals surface area contributed by atoms with Crippen molar-refractivity contribution in [2.45, 2.75) is 36.9 Å². The summed E-state index contributed by atoms with van der Waals surface area (Å²) in [6.07, 6.45) is 0.0552. The van der Waals surface area contributed by atoms with Gasteiger partial charge in [0, 0.05) is 44.2 Å². The van der Waals surface area contributed by atoms with E-state index in [9.17, 15) is 21.6 Å². The number of sulfonamides is 1. The molecule has 0 amide bonds. The lowest BCUT2D eigenvalue weighted by molar-refractivity contribution is -0.192. The maximum absolute atomic E-state index is 12.4. The van der Waals surface area contributed by atoms with Gasteiger partial charge >= 0.3 is 12.1 Å². The molecule has 29 heavy (non-hydrogen) atoms. The highest BCUT2D eigenvalue weighted by atomic mass is 32.2. The predicted molar refractivity (Wildman–Crippen MR) is 94.4 cm³/mol. The summed E-state index contributed by atoms with van der Waals surface area (Å²) in [6, 6.07) is 1.97. The molecule has 8 nitrogen and oxygen atoms in total. The third-order valence-electron chi connectivity index (χ3n) is 5.11. The van der Waals surface area contributed by atoms with Crippen molar-refractivity contribution in [1.82, 2.24) is 9.21 Å². The number of ether oxygens (including phenoxy) is 1. The Kier molecular flexibility index (Phi) is 6.56. The van der Waals surface area contributed by atoms with Crippen LogP contribution in [0.5, 0.6) is 0 Å². The minimum Gasteiger partial charge on any atom is -0.475 e. The van der Waals surface area contributed by atoms with Crippen molar-refractivity contribution in [3.8, 4) is 0 Å². The van der Waals surface area contributed by atoms with Gasteiger partial charge < -0.3 is 14.3 Å². The largest absolute Gasteiger partial charge is 0.490 e.